The highest BCUT2D eigenvalue weighted by Crippen LogP contribution is 2.23. The SMILES string of the molecule is Cc1cc(C(=O)Nc2ccc(C(=O)O)cc2Cl)ccn1. The number of anilines is 1. The Bertz CT molecular complexity index is 686. The first-order valence-electron chi connectivity index (χ1n) is 5.74. The molecule has 0 unspecified atom stereocenters. The molecule has 0 bridgehead atoms. The number of hydrogen-bond donors (Lipinski definition) is 2. The summed E-state index contributed by atoms with van der Waals surface area (Å²) in [6.07, 6.45) is 1.54. The Balaban J connectivity index is 2.22. The van der Waals surface area contributed by atoms with Gasteiger partial charge < -0.3 is 10.4 Å². The lowest BCUT2D eigenvalue weighted by Gasteiger charge is -2.08. The number of aromatic nitrogens is 1. The molecule has 2 aromatic rings. The van der Waals surface area contributed by atoms with Crippen LogP contribution >= 0.6 is 11.6 Å². The van der Waals surface area contributed by atoms with E-state index in [1.165, 1.54) is 18.2 Å². The smallest absolute Gasteiger partial charge is 0.335 e. The number of nitrogens with one attached hydrogen (secondary N) is 1. The maximum Gasteiger partial charge on any atom is 0.335 e. The summed E-state index contributed by atoms with van der Waals surface area (Å²) in [7, 11) is 0. The molecule has 1 amide bonds. The number of pyridine rings is 1. The largest absolute Gasteiger partial charge is 0.478 e. The van der Waals surface area contributed by atoms with E-state index in [1.54, 1.807) is 25.3 Å². The van der Waals surface area contributed by atoms with Crippen molar-refractivity contribution in [3.63, 3.8) is 0 Å². The first-order valence-corrected chi connectivity index (χ1v) is 6.12. The summed E-state index contributed by atoms with van der Waals surface area (Å²) in [5.41, 5.74) is 1.60. The third kappa shape index (κ3) is 3.13. The zero-order valence-corrected chi connectivity index (χ0v) is 11.3. The molecule has 0 spiro atoms. The van der Waals surface area contributed by atoms with Gasteiger partial charge in [-0.2, -0.15) is 0 Å². The van der Waals surface area contributed by atoms with Gasteiger partial charge in [0.1, 0.15) is 0 Å². The van der Waals surface area contributed by atoms with Gasteiger partial charge in [-0.3, -0.25) is 9.78 Å². The van der Waals surface area contributed by atoms with Gasteiger partial charge in [-0.05, 0) is 37.3 Å². The van der Waals surface area contributed by atoms with Crippen molar-refractivity contribution in [3.05, 3.63) is 58.4 Å². The predicted octanol–water partition coefficient (Wildman–Crippen LogP) is 2.99. The topological polar surface area (TPSA) is 79.3 Å². The van der Waals surface area contributed by atoms with Crippen LogP contribution in [0.4, 0.5) is 5.69 Å². The molecule has 6 heteroatoms. The maximum absolute atomic E-state index is 12.0. The van der Waals surface area contributed by atoms with Gasteiger partial charge in [-0.1, -0.05) is 11.6 Å². The molecule has 0 aliphatic rings. The lowest BCUT2D eigenvalue weighted by Crippen LogP contribution is -2.13. The lowest BCUT2D eigenvalue weighted by molar-refractivity contribution is 0.0696. The molecule has 1 aromatic carbocycles. The van der Waals surface area contributed by atoms with E-state index in [-0.39, 0.29) is 16.5 Å². The summed E-state index contributed by atoms with van der Waals surface area (Å²) in [4.78, 5) is 26.8. The Morgan fingerprint density at radius 2 is 1.95 bits per heavy atom. The van der Waals surface area contributed by atoms with Crippen molar-refractivity contribution in [1.29, 1.82) is 0 Å². The van der Waals surface area contributed by atoms with Crippen molar-refractivity contribution >= 4 is 29.2 Å². The van der Waals surface area contributed by atoms with Crippen molar-refractivity contribution in [1.82, 2.24) is 4.98 Å². The number of rotatable bonds is 3. The van der Waals surface area contributed by atoms with Crippen LogP contribution in [0, 0.1) is 6.92 Å². The molecule has 2 N–H and O–H groups in total. The van der Waals surface area contributed by atoms with E-state index in [9.17, 15) is 9.59 Å². The second-order valence-electron chi connectivity index (χ2n) is 4.14. The van der Waals surface area contributed by atoms with Crippen LogP contribution in [0.15, 0.2) is 36.5 Å². The number of carboxylic acids is 1. The van der Waals surface area contributed by atoms with E-state index in [1.807, 2.05) is 0 Å². The number of benzene rings is 1. The van der Waals surface area contributed by atoms with Crippen LogP contribution in [0.2, 0.25) is 5.02 Å². The molecule has 1 heterocycles. The molecule has 1 aromatic heterocycles. The number of carbonyl (C=O) groups is 2. The number of hydrogen-bond acceptors (Lipinski definition) is 3. The number of amides is 1. The molecule has 0 fully saturated rings. The van der Waals surface area contributed by atoms with Crippen molar-refractivity contribution in [2.24, 2.45) is 0 Å². The van der Waals surface area contributed by atoms with Crippen molar-refractivity contribution < 1.29 is 14.7 Å². The predicted molar refractivity (Wildman–Crippen MR) is 75.3 cm³/mol. The maximum atomic E-state index is 12.0. The van der Waals surface area contributed by atoms with Crippen LogP contribution in [0.5, 0.6) is 0 Å². The first-order chi connectivity index (χ1) is 9.47. The monoisotopic (exact) mass is 290 g/mol. The minimum Gasteiger partial charge on any atom is -0.478 e. The van der Waals surface area contributed by atoms with Crippen LogP contribution in [0.1, 0.15) is 26.4 Å². The Morgan fingerprint density at radius 1 is 1.20 bits per heavy atom. The van der Waals surface area contributed by atoms with Crippen LogP contribution in [0.3, 0.4) is 0 Å². The average Bonchev–Trinajstić information content (AvgIpc) is 2.40. The fourth-order valence-electron chi connectivity index (χ4n) is 1.63. The summed E-state index contributed by atoms with van der Waals surface area (Å²) in [6, 6.07) is 7.35. The molecule has 0 aliphatic carbocycles. The molecule has 20 heavy (non-hydrogen) atoms. The number of carbonyl (C=O) groups excluding carboxylic acids is 1. The number of aromatic carboxylic acids is 1. The average molecular weight is 291 g/mol. The second kappa shape index (κ2) is 5.71. The van der Waals surface area contributed by atoms with E-state index >= 15 is 0 Å². The zero-order chi connectivity index (χ0) is 14.7. The molecule has 2 rings (SSSR count). The Kier molecular flexibility index (Phi) is 4.00. The van der Waals surface area contributed by atoms with E-state index in [2.05, 4.69) is 10.3 Å². The molecule has 0 saturated heterocycles. The normalized spacial score (nSPS) is 10.1. The fourth-order valence-corrected chi connectivity index (χ4v) is 1.86. The van der Waals surface area contributed by atoms with Gasteiger partial charge in [0.2, 0.25) is 0 Å². The van der Waals surface area contributed by atoms with Crippen LogP contribution in [0.25, 0.3) is 0 Å². The molecule has 0 aliphatic heterocycles. The summed E-state index contributed by atoms with van der Waals surface area (Å²) < 4.78 is 0. The second-order valence-corrected chi connectivity index (χ2v) is 4.55. The highest BCUT2D eigenvalue weighted by molar-refractivity contribution is 6.34. The Hall–Kier alpha value is -2.40. The van der Waals surface area contributed by atoms with Gasteiger partial charge in [-0.25, -0.2) is 4.79 Å². The molecule has 0 radical (unpaired) electrons. The van der Waals surface area contributed by atoms with Gasteiger partial charge >= 0.3 is 5.97 Å². The van der Waals surface area contributed by atoms with Gasteiger partial charge in [0, 0.05) is 17.5 Å². The first kappa shape index (κ1) is 14.0. The minimum atomic E-state index is -1.07. The number of aryl methyl sites for hydroxylation is 1. The van der Waals surface area contributed by atoms with Crippen molar-refractivity contribution in [2.75, 3.05) is 5.32 Å². The standard InChI is InChI=1S/C14H11ClN2O3/c1-8-6-9(4-5-16-8)13(18)17-12-3-2-10(14(19)20)7-11(12)15/h2-7H,1H3,(H,17,18)(H,19,20). The summed E-state index contributed by atoms with van der Waals surface area (Å²) >= 11 is 5.95. The van der Waals surface area contributed by atoms with E-state index in [0.717, 1.165) is 5.69 Å². The molecular formula is C14H11ClN2O3. The Labute approximate surface area is 120 Å². The van der Waals surface area contributed by atoms with E-state index < -0.39 is 5.97 Å². The van der Waals surface area contributed by atoms with Crippen LogP contribution < -0.4 is 5.32 Å². The zero-order valence-electron chi connectivity index (χ0n) is 10.6. The third-order valence-electron chi connectivity index (χ3n) is 2.62. The quantitative estimate of drug-likeness (QED) is 0.911. The number of carboxylic acid groups (broad SMARTS) is 1. The third-order valence-corrected chi connectivity index (χ3v) is 2.94. The number of halogens is 1. The van der Waals surface area contributed by atoms with Crippen molar-refractivity contribution in [3.8, 4) is 0 Å². The van der Waals surface area contributed by atoms with E-state index in [4.69, 9.17) is 16.7 Å². The molecule has 0 saturated carbocycles. The molecular weight excluding hydrogens is 280 g/mol. The van der Waals surface area contributed by atoms with Gasteiger partial charge in [0.05, 0.1) is 16.3 Å². The van der Waals surface area contributed by atoms with Gasteiger partial charge in [0.15, 0.2) is 0 Å². The van der Waals surface area contributed by atoms with Gasteiger partial charge in [0.25, 0.3) is 5.91 Å². The highest BCUT2D eigenvalue weighted by Gasteiger charge is 2.11. The summed E-state index contributed by atoms with van der Waals surface area (Å²) in [5, 5.41) is 11.6. The molecule has 5 nitrogen and oxygen atoms in total. The minimum absolute atomic E-state index is 0.0627. The fraction of sp³-hybridized carbons (Fsp3) is 0.0714. The van der Waals surface area contributed by atoms with Crippen LogP contribution in [-0.4, -0.2) is 22.0 Å². The molecule has 0 atom stereocenters. The van der Waals surface area contributed by atoms with E-state index in [0.29, 0.717) is 11.3 Å². The van der Waals surface area contributed by atoms with Crippen molar-refractivity contribution in [2.45, 2.75) is 6.92 Å². The van der Waals surface area contributed by atoms with Gasteiger partial charge in [-0.15, -0.1) is 0 Å². The highest BCUT2D eigenvalue weighted by atomic mass is 35.5. The molecule has 102 valence electrons. The lowest BCUT2D eigenvalue weighted by atomic mass is 10.2. The van der Waals surface area contributed by atoms with Crippen LogP contribution in [-0.2, 0) is 0 Å². The summed E-state index contributed by atoms with van der Waals surface area (Å²) in [6.45, 7) is 1.78. The Morgan fingerprint density at radius 3 is 2.55 bits per heavy atom. The summed E-state index contributed by atoms with van der Waals surface area (Å²) in [5.74, 6) is -1.41. The number of nitrogens with zero attached hydrogens (tertiary/aromatic N) is 1.